The maximum Gasteiger partial charge on any atom is 0.263 e. The third-order valence-electron chi connectivity index (χ3n) is 5.25. The van der Waals surface area contributed by atoms with Crippen molar-refractivity contribution in [2.75, 3.05) is 20.6 Å². The van der Waals surface area contributed by atoms with Crippen molar-refractivity contribution < 1.29 is 14.3 Å². The standard InChI is InChI=1S/C25H24BrN2O2/c1-4-28(2,3)30-24-21-17-20(26)15-16-22(21)27(23(24)18-11-7-5-8-12-18)25(29)19-13-9-6-10-14-19/h5-17H,4H2,1-3H3/q+1. The molecule has 0 N–H and O–H groups in total. The maximum atomic E-state index is 13.7. The van der Waals surface area contributed by atoms with Crippen LogP contribution in [0.25, 0.3) is 22.2 Å². The van der Waals surface area contributed by atoms with E-state index in [1.807, 2.05) is 93.0 Å². The average molecular weight is 464 g/mol. The van der Waals surface area contributed by atoms with Gasteiger partial charge >= 0.3 is 0 Å². The summed E-state index contributed by atoms with van der Waals surface area (Å²) in [5, 5.41) is 0.896. The molecule has 3 aromatic carbocycles. The Morgan fingerprint density at radius 3 is 2.23 bits per heavy atom. The number of benzene rings is 3. The molecule has 0 unspecified atom stereocenters. The number of hydroxylamine groups is 3. The second-order valence-corrected chi connectivity index (χ2v) is 8.61. The number of nitrogens with zero attached hydrogens (tertiary/aromatic N) is 2. The fourth-order valence-electron chi connectivity index (χ4n) is 3.42. The Hall–Kier alpha value is -2.89. The minimum atomic E-state index is -0.0848. The quantitative estimate of drug-likeness (QED) is 0.262. The van der Waals surface area contributed by atoms with Gasteiger partial charge in [0.25, 0.3) is 5.91 Å². The molecule has 0 amide bonds. The Kier molecular flexibility index (Phi) is 5.50. The molecule has 4 rings (SSSR count). The van der Waals surface area contributed by atoms with Crippen LogP contribution in [0.2, 0.25) is 0 Å². The van der Waals surface area contributed by atoms with E-state index in [1.54, 1.807) is 4.57 Å². The zero-order valence-electron chi connectivity index (χ0n) is 17.3. The zero-order chi connectivity index (χ0) is 21.3. The summed E-state index contributed by atoms with van der Waals surface area (Å²) < 4.78 is 3.05. The van der Waals surface area contributed by atoms with Crippen molar-refractivity contribution in [3.8, 4) is 17.0 Å². The molecule has 0 saturated heterocycles. The van der Waals surface area contributed by atoms with Crippen molar-refractivity contribution in [3.63, 3.8) is 0 Å². The summed E-state index contributed by atoms with van der Waals surface area (Å²) in [6.45, 7) is 2.86. The van der Waals surface area contributed by atoms with Crippen LogP contribution in [0.15, 0.2) is 83.3 Å². The molecule has 0 aliphatic heterocycles. The van der Waals surface area contributed by atoms with Crippen LogP contribution in [0.4, 0.5) is 0 Å². The highest BCUT2D eigenvalue weighted by Gasteiger charge is 2.29. The van der Waals surface area contributed by atoms with Gasteiger partial charge in [0.2, 0.25) is 5.75 Å². The van der Waals surface area contributed by atoms with E-state index in [-0.39, 0.29) is 5.91 Å². The van der Waals surface area contributed by atoms with E-state index >= 15 is 0 Å². The van der Waals surface area contributed by atoms with E-state index in [9.17, 15) is 4.79 Å². The van der Waals surface area contributed by atoms with Crippen LogP contribution < -0.4 is 4.84 Å². The first-order chi connectivity index (χ1) is 14.4. The Labute approximate surface area is 185 Å². The van der Waals surface area contributed by atoms with Crippen molar-refractivity contribution in [3.05, 3.63) is 88.9 Å². The van der Waals surface area contributed by atoms with Gasteiger partial charge < -0.3 is 4.84 Å². The molecule has 5 heteroatoms. The molecule has 4 aromatic rings. The minimum Gasteiger partial charge on any atom is -0.313 e. The van der Waals surface area contributed by atoms with Gasteiger partial charge in [0, 0.05) is 15.6 Å². The molecule has 0 radical (unpaired) electrons. The summed E-state index contributed by atoms with van der Waals surface area (Å²) in [6, 6.07) is 25.2. The van der Waals surface area contributed by atoms with Crippen LogP contribution in [0, 0.1) is 0 Å². The summed E-state index contributed by atoms with van der Waals surface area (Å²) >= 11 is 3.58. The SMILES string of the molecule is CC[N+](C)(C)Oc1c(-c2ccccc2)n(C(=O)c2ccccc2)c2ccc(Br)cc12. The largest absolute Gasteiger partial charge is 0.313 e. The number of carbonyl (C=O) groups excluding carboxylic acids is 1. The first-order valence-electron chi connectivity index (χ1n) is 9.93. The smallest absolute Gasteiger partial charge is 0.263 e. The Balaban J connectivity index is 2.08. The fraction of sp³-hybridized carbons (Fsp3) is 0.160. The van der Waals surface area contributed by atoms with Crippen molar-refractivity contribution >= 4 is 32.7 Å². The molecular weight excluding hydrogens is 440 g/mol. The van der Waals surface area contributed by atoms with E-state index in [2.05, 4.69) is 22.9 Å². The van der Waals surface area contributed by atoms with Gasteiger partial charge in [-0.15, -0.1) is 4.65 Å². The summed E-state index contributed by atoms with van der Waals surface area (Å²) in [5.74, 6) is 0.618. The molecule has 0 atom stereocenters. The fourth-order valence-corrected chi connectivity index (χ4v) is 3.78. The molecule has 0 saturated carbocycles. The molecule has 152 valence electrons. The normalized spacial score (nSPS) is 11.6. The summed E-state index contributed by atoms with van der Waals surface area (Å²) in [7, 11) is 4.02. The van der Waals surface area contributed by atoms with Crippen molar-refractivity contribution in [2.45, 2.75) is 6.92 Å². The maximum absolute atomic E-state index is 13.7. The minimum absolute atomic E-state index is 0.0848. The second-order valence-electron chi connectivity index (χ2n) is 7.69. The van der Waals surface area contributed by atoms with Gasteiger partial charge in [0.1, 0.15) is 26.3 Å². The summed E-state index contributed by atoms with van der Waals surface area (Å²) in [6.07, 6.45) is 0. The third kappa shape index (κ3) is 3.78. The lowest BCUT2D eigenvalue weighted by atomic mass is 10.1. The van der Waals surface area contributed by atoms with Gasteiger partial charge in [-0.1, -0.05) is 64.5 Å². The predicted octanol–water partition coefficient (Wildman–Crippen LogP) is 6.15. The van der Waals surface area contributed by atoms with Crippen LogP contribution in [0.1, 0.15) is 17.3 Å². The highest BCUT2D eigenvalue weighted by molar-refractivity contribution is 9.10. The Morgan fingerprint density at radius 1 is 0.967 bits per heavy atom. The monoisotopic (exact) mass is 463 g/mol. The topological polar surface area (TPSA) is 31.2 Å². The predicted molar refractivity (Wildman–Crippen MR) is 125 cm³/mol. The zero-order valence-corrected chi connectivity index (χ0v) is 18.9. The molecule has 30 heavy (non-hydrogen) atoms. The van der Waals surface area contributed by atoms with Gasteiger partial charge in [-0.05, 0) is 37.3 Å². The second kappa shape index (κ2) is 8.09. The van der Waals surface area contributed by atoms with Gasteiger partial charge in [-0.2, -0.15) is 0 Å². The number of rotatable bonds is 5. The molecule has 1 heterocycles. The highest BCUT2D eigenvalue weighted by atomic mass is 79.9. The molecule has 0 bridgehead atoms. The first kappa shape index (κ1) is 20.4. The van der Waals surface area contributed by atoms with Crippen LogP contribution >= 0.6 is 15.9 Å². The van der Waals surface area contributed by atoms with Crippen LogP contribution in [-0.2, 0) is 0 Å². The van der Waals surface area contributed by atoms with Crippen LogP contribution in [0.3, 0.4) is 0 Å². The van der Waals surface area contributed by atoms with E-state index in [0.717, 1.165) is 33.2 Å². The lowest BCUT2D eigenvalue weighted by molar-refractivity contribution is -1.05. The number of aromatic nitrogens is 1. The van der Waals surface area contributed by atoms with Gasteiger partial charge in [0.15, 0.2) is 0 Å². The van der Waals surface area contributed by atoms with E-state index < -0.39 is 0 Å². The molecule has 0 aliphatic carbocycles. The van der Waals surface area contributed by atoms with Gasteiger partial charge in [0.05, 0.1) is 10.9 Å². The molecule has 1 aromatic heterocycles. The van der Waals surface area contributed by atoms with Crippen molar-refractivity contribution in [1.29, 1.82) is 0 Å². The summed E-state index contributed by atoms with van der Waals surface area (Å²) in [5.41, 5.74) is 3.14. The number of quaternary nitrogens is 1. The molecule has 0 aliphatic rings. The third-order valence-corrected chi connectivity index (χ3v) is 5.75. The van der Waals surface area contributed by atoms with Crippen LogP contribution in [-0.4, -0.2) is 35.8 Å². The van der Waals surface area contributed by atoms with E-state index in [0.29, 0.717) is 16.0 Å². The van der Waals surface area contributed by atoms with Crippen LogP contribution in [0.5, 0.6) is 5.75 Å². The van der Waals surface area contributed by atoms with E-state index in [4.69, 9.17) is 4.84 Å². The van der Waals surface area contributed by atoms with Crippen molar-refractivity contribution in [1.82, 2.24) is 4.57 Å². The molecule has 0 spiro atoms. The van der Waals surface area contributed by atoms with Gasteiger partial charge in [-0.3, -0.25) is 9.36 Å². The number of carbonyl (C=O) groups is 1. The molecule has 0 fully saturated rings. The van der Waals surface area contributed by atoms with Gasteiger partial charge in [-0.25, -0.2) is 0 Å². The number of hydrogen-bond donors (Lipinski definition) is 0. The lowest BCUT2D eigenvalue weighted by Gasteiger charge is -2.26. The highest BCUT2D eigenvalue weighted by Crippen LogP contribution is 2.42. The summed E-state index contributed by atoms with van der Waals surface area (Å²) in [4.78, 5) is 20.2. The Bertz CT molecular complexity index is 1200. The number of hydrogen-bond acceptors (Lipinski definition) is 2. The average Bonchev–Trinajstić information content (AvgIpc) is 3.07. The lowest BCUT2D eigenvalue weighted by Crippen LogP contribution is -2.42. The number of halogens is 1. The van der Waals surface area contributed by atoms with E-state index in [1.165, 1.54) is 0 Å². The van der Waals surface area contributed by atoms with Crippen molar-refractivity contribution in [2.24, 2.45) is 0 Å². The molecular formula is C25H24BrN2O2+. The first-order valence-corrected chi connectivity index (χ1v) is 10.7. The molecule has 4 nitrogen and oxygen atoms in total. The Morgan fingerprint density at radius 2 is 1.60 bits per heavy atom. The number of fused-ring (bicyclic) bond motifs is 1.